The number of hydrogen-bond acceptors (Lipinski definition) is 4. The van der Waals surface area contributed by atoms with Crippen LogP contribution in [0, 0.1) is 12.1 Å². The zero-order valence-electron chi connectivity index (χ0n) is 18.7. The Bertz CT molecular complexity index is 1170. The van der Waals surface area contributed by atoms with Crippen molar-refractivity contribution < 1.29 is 9.52 Å². The van der Waals surface area contributed by atoms with Gasteiger partial charge >= 0.3 is 0 Å². The summed E-state index contributed by atoms with van der Waals surface area (Å²) in [5.74, 6) is 0.109. The molecule has 1 fully saturated rings. The summed E-state index contributed by atoms with van der Waals surface area (Å²) in [6.07, 6.45) is 7.10. The van der Waals surface area contributed by atoms with Gasteiger partial charge < -0.3 is 10.1 Å². The van der Waals surface area contributed by atoms with E-state index in [9.17, 15) is 10.0 Å². The van der Waals surface area contributed by atoms with Crippen LogP contribution in [-0.2, 0) is 24.1 Å². The van der Waals surface area contributed by atoms with E-state index in [0.717, 1.165) is 46.4 Å². The molecular weight excluding hydrogens is 480 g/mol. The minimum Gasteiger partial charge on any atom is -0.619 e. The van der Waals surface area contributed by atoms with Crippen molar-refractivity contribution in [1.82, 2.24) is 14.8 Å². The SMILES string of the molecule is Cc1cccc2c1CCc1cc(Br)cnc1C2N1CCN(C(=O)Cc2cc[n+]([O-])cc2)CC1. The molecule has 7 heteroatoms. The molecule has 1 atom stereocenters. The maximum atomic E-state index is 12.9. The van der Waals surface area contributed by atoms with E-state index < -0.39 is 0 Å². The zero-order chi connectivity index (χ0) is 22.9. The minimum atomic E-state index is 0.101. The molecule has 2 aromatic heterocycles. The Morgan fingerprint density at radius 2 is 1.91 bits per heavy atom. The minimum absolute atomic E-state index is 0.101. The third-order valence-electron chi connectivity index (χ3n) is 6.87. The highest BCUT2D eigenvalue weighted by atomic mass is 79.9. The first-order valence-electron chi connectivity index (χ1n) is 11.4. The van der Waals surface area contributed by atoms with Gasteiger partial charge in [0, 0.05) is 49.0 Å². The van der Waals surface area contributed by atoms with E-state index in [1.54, 1.807) is 12.1 Å². The van der Waals surface area contributed by atoms with Crippen molar-refractivity contribution in [2.24, 2.45) is 0 Å². The zero-order valence-corrected chi connectivity index (χ0v) is 20.3. The summed E-state index contributed by atoms with van der Waals surface area (Å²) >= 11 is 3.60. The van der Waals surface area contributed by atoms with Gasteiger partial charge in [-0.25, -0.2) is 0 Å². The average Bonchev–Trinajstić information content (AvgIpc) is 2.98. The van der Waals surface area contributed by atoms with Crippen molar-refractivity contribution in [2.45, 2.75) is 32.2 Å². The van der Waals surface area contributed by atoms with E-state index in [-0.39, 0.29) is 11.9 Å². The standard InChI is InChI=1S/C26H27BrN4O2/c1-18-3-2-4-23-22(18)6-5-20-16-21(27)17-28-25(20)26(23)30-13-11-29(12-14-30)24(32)15-19-7-9-31(33)10-8-19/h2-4,7-10,16-17,26H,5-6,11-15H2,1H3. The van der Waals surface area contributed by atoms with Crippen molar-refractivity contribution >= 4 is 21.8 Å². The molecule has 0 spiro atoms. The molecule has 3 aromatic rings. The van der Waals surface area contributed by atoms with Crippen LogP contribution in [0.2, 0.25) is 0 Å². The Kier molecular flexibility index (Phi) is 6.17. The molecule has 3 heterocycles. The summed E-state index contributed by atoms with van der Waals surface area (Å²) in [5.41, 5.74) is 7.40. The fourth-order valence-electron chi connectivity index (χ4n) is 5.11. The maximum absolute atomic E-state index is 12.9. The molecule has 1 unspecified atom stereocenters. The molecule has 5 rings (SSSR count). The van der Waals surface area contributed by atoms with Crippen LogP contribution in [-0.4, -0.2) is 46.9 Å². The van der Waals surface area contributed by atoms with Gasteiger partial charge in [0.25, 0.3) is 0 Å². The highest BCUT2D eigenvalue weighted by Crippen LogP contribution is 2.38. The van der Waals surface area contributed by atoms with Gasteiger partial charge in [-0.1, -0.05) is 18.2 Å². The number of amides is 1. The number of rotatable bonds is 3. The number of fused-ring (bicyclic) bond motifs is 2. The number of piperazine rings is 1. The first-order valence-corrected chi connectivity index (χ1v) is 12.2. The Morgan fingerprint density at radius 1 is 1.15 bits per heavy atom. The van der Waals surface area contributed by atoms with Gasteiger partial charge in [-0.3, -0.25) is 14.7 Å². The molecule has 1 aliphatic carbocycles. The van der Waals surface area contributed by atoms with Crippen LogP contribution in [0.1, 0.15) is 39.6 Å². The van der Waals surface area contributed by atoms with Crippen LogP contribution in [0.15, 0.2) is 59.5 Å². The van der Waals surface area contributed by atoms with E-state index in [2.05, 4.69) is 52.0 Å². The Morgan fingerprint density at radius 3 is 2.67 bits per heavy atom. The van der Waals surface area contributed by atoms with Crippen molar-refractivity contribution in [1.29, 1.82) is 0 Å². The summed E-state index contributed by atoms with van der Waals surface area (Å²) in [4.78, 5) is 22.2. The largest absolute Gasteiger partial charge is 0.619 e. The fourth-order valence-corrected chi connectivity index (χ4v) is 5.49. The fraction of sp³-hybridized carbons (Fsp3) is 0.346. The van der Waals surface area contributed by atoms with Gasteiger partial charge in [-0.2, -0.15) is 4.73 Å². The molecule has 1 amide bonds. The monoisotopic (exact) mass is 506 g/mol. The predicted molar refractivity (Wildman–Crippen MR) is 130 cm³/mol. The van der Waals surface area contributed by atoms with E-state index in [4.69, 9.17) is 4.98 Å². The van der Waals surface area contributed by atoms with Crippen LogP contribution in [0.3, 0.4) is 0 Å². The molecule has 0 bridgehead atoms. The Labute approximate surface area is 202 Å². The lowest BCUT2D eigenvalue weighted by atomic mass is 9.93. The topological polar surface area (TPSA) is 63.4 Å². The number of halogens is 1. The van der Waals surface area contributed by atoms with Gasteiger partial charge in [-0.15, -0.1) is 0 Å². The Balaban J connectivity index is 1.37. The highest BCUT2D eigenvalue weighted by Gasteiger charge is 2.33. The van der Waals surface area contributed by atoms with Gasteiger partial charge in [0.1, 0.15) is 0 Å². The summed E-state index contributed by atoms with van der Waals surface area (Å²) in [7, 11) is 0. The summed E-state index contributed by atoms with van der Waals surface area (Å²) in [6.45, 7) is 5.18. The first-order chi connectivity index (χ1) is 16.0. The molecule has 0 radical (unpaired) electrons. The second kappa shape index (κ2) is 9.23. The smallest absolute Gasteiger partial charge is 0.227 e. The summed E-state index contributed by atoms with van der Waals surface area (Å²) < 4.78 is 1.75. The van der Waals surface area contributed by atoms with Crippen molar-refractivity contribution in [3.05, 3.63) is 98.2 Å². The Hall–Kier alpha value is -2.77. The van der Waals surface area contributed by atoms with E-state index in [1.807, 2.05) is 11.1 Å². The van der Waals surface area contributed by atoms with Gasteiger partial charge in [0.15, 0.2) is 12.4 Å². The second-order valence-electron chi connectivity index (χ2n) is 8.90. The van der Waals surface area contributed by atoms with Gasteiger partial charge in [0.05, 0.1) is 18.2 Å². The number of hydrogen-bond donors (Lipinski definition) is 0. The van der Waals surface area contributed by atoms with Crippen LogP contribution >= 0.6 is 15.9 Å². The summed E-state index contributed by atoms with van der Waals surface area (Å²) in [5, 5.41) is 11.2. The van der Waals surface area contributed by atoms with Gasteiger partial charge in [-0.05, 0) is 69.6 Å². The third kappa shape index (κ3) is 4.52. The molecule has 1 aromatic carbocycles. The lowest BCUT2D eigenvalue weighted by Gasteiger charge is -2.40. The third-order valence-corrected chi connectivity index (χ3v) is 7.30. The number of aryl methyl sites for hydroxylation is 2. The lowest BCUT2D eigenvalue weighted by Crippen LogP contribution is -2.50. The molecule has 1 saturated heterocycles. The van der Waals surface area contributed by atoms with Gasteiger partial charge in [0.2, 0.25) is 5.91 Å². The molecule has 0 saturated carbocycles. The number of benzene rings is 1. The van der Waals surface area contributed by atoms with Crippen LogP contribution < -0.4 is 4.73 Å². The van der Waals surface area contributed by atoms with Crippen molar-refractivity contribution in [3.8, 4) is 0 Å². The lowest BCUT2D eigenvalue weighted by molar-refractivity contribution is -0.605. The quantitative estimate of drug-likeness (QED) is 0.403. The molecule has 0 N–H and O–H groups in total. The number of carbonyl (C=O) groups excluding carboxylic acids is 1. The molecule has 170 valence electrons. The van der Waals surface area contributed by atoms with E-state index in [0.29, 0.717) is 19.5 Å². The number of carbonyl (C=O) groups is 1. The van der Waals surface area contributed by atoms with Crippen LogP contribution in [0.4, 0.5) is 0 Å². The first kappa shape index (κ1) is 22.0. The second-order valence-corrected chi connectivity index (χ2v) is 9.82. The summed E-state index contributed by atoms with van der Waals surface area (Å²) in [6, 6.07) is 12.3. The molecule has 6 nitrogen and oxygen atoms in total. The number of aromatic nitrogens is 2. The average molecular weight is 507 g/mol. The highest BCUT2D eigenvalue weighted by molar-refractivity contribution is 9.10. The normalized spacial score (nSPS) is 18.4. The predicted octanol–water partition coefficient (Wildman–Crippen LogP) is 3.36. The number of nitrogens with zero attached hydrogens (tertiary/aromatic N) is 4. The van der Waals surface area contributed by atoms with E-state index in [1.165, 1.54) is 34.6 Å². The van der Waals surface area contributed by atoms with Crippen LogP contribution in [0.5, 0.6) is 0 Å². The van der Waals surface area contributed by atoms with Crippen molar-refractivity contribution in [2.75, 3.05) is 26.2 Å². The van der Waals surface area contributed by atoms with E-state index >= 15 is 0 Å². The maximum Gasteiger partial charge on any atom is 0.227 e. The van der Waals surface area contributed by atoms with Crippen molar-refractivity contribution in [3.63, 3.8) is 0 Å². The number of pyridine rings is 2. The molecule has 2 aliphatic rings. The molecule has 33 heavy (non-hydrogen) atoms. The molecular formula is C26H27BrN4O2. The molecule has 1 aliphatic heterocycles. The van der Waals surface area contributed by atoms with Crippen LogP contribution in [0.25, 0.3) is 0 Å².